The SMILES string of the molecule is Cc1ccccc1/C(C#N)=C(/N)Sc1ccc(N)cc1. The number of nitriles is 1. The topological polar surface area (TPSA) is 75.8 Å². The molecule has 4 heteroatoms. The second-order valence-corrected chi connectivity index (χ2v) is 5.45. The van der Waals surface area contributed by atoms with Crippen LogP contribution in [0.25, 0.3) is 5.57 Å². The maximum atomic E-state index is 9.38. The van der Waals surface area contributed by atoms with Crippen molar-refractivity contribution in [3.8, 4) is 6.07 Å². The highest BCUT2D eigenvalue weighted by atomic mass is 32.2. The number of hydrogen-bond acceptors (Lipinski definition) is 4. The molecule has 0 saturated heterocycles. The minimum Gasteiger partial charge on any atom is -0.399 e. The Balaban J connectivity index is 2.36. The standard InChI is InChI=1S/C16H15N3S/c1-11-4-2-3-5-14(11)15(10-17)16(19)20-13-8-6-12(18)7-9-13/h2-9H,18-19H2,1H3/b16-15-. The van der Waals surface area contributed by atoms with Crippen molar-refractivity contribution in [2.75, 3.05) is 5.73 Å². The fourth-order valence-corrected chi connectivity index (χ4v) is 2.60. The molecule has 2 aromatic rings. The van der Waals surface area contributed by atoms with E-state index in [1.54, 1.807) is 0 Å². The highest BCUT2D eigenvalue weighted by Gasteiger charge is 2.10. The highest BCUT2D eigenvalue weighted by Crippen LogP contribution is 2.30. The molecule has 4 N–H and O–H groups in total. The molecule has 100 valence electrons. The van der Waals surface area contributed by atoms with Crippen molar-refractivity contribution >= 4 is 23.0 Å². The molecule has 20 heavy (non-hydrogen) atoms. The van der Waals surface area contributed by atoms with Gasteiger partial charge in [-0.1, -0.05) is 36.0 Å². The van der Waals surface area contributed by atoms with Gasteiger partial charge in [0.05, 0.1) is 10.6 Å². The maximum Gasteiger partial charge on any atom is 0.103 e. The number of nitrogens with zero attached hydrogens (tertiary/aromatic N) is 1. The lowest BCUT2D eigenvalue weighted by molar-refractivity contribution is 1.39. The number of nitrogens with two attached hydrogens (primary N) is 2. The minimum absolute atomic E-state index is 0.492. The predicted octanol–water partition coefficient (Wildman–Crippen LogP) is 3.52. The molecule has 0 aliphatic heterocycles. The monoisotopic (exact) mass is 281 g/mol. The molecule has 2 aromatic carbocycles. The number of nitrogen functional groups attached to an aromatic ring is 1. The van der Waals surface area contributed by atoms with Crippen molar-refractivity contribution in [3.05, 3.63) is 64.7 Å². The lowest BCUT2D eigenvalue weighted by Gasteiger charge is -2.08. The summed E-state index contributed by atoms with van der Waals surface area (Å²) in [7, 11) is 0. The third-order valence-electron chi connectivity index (χ3n) is 2.88. The molecule has 0 spiro atoms. The van der Waals surface area contributed by atoms with Crippen molar-refractivity contribution in [1.82, 2.24) is 0 Å². The number of allylic oxidation sites excluding steroid dienone is 1. The largest absolute Gasteiger partial charge is 0.399 e. The van der Waals surface area contributed by atoms with Gasteiger partial charge < -0.3 is 11.5 Å². The fraction of sp³-hybridized carbons (Fsp3) is 0.0625. The summed E-state index contributed by atoms with van der Waals surface area (Å²) >= 11 is 1.37. The molecule has 0 aromatic heterocycles. The van der Waals surface area contributed by atoms with E-state index in [4.69, 9.17) is 11.5 Å². The molecular weight excluding hydrogens is 266 g/mol. The molecule has 0 aliphatic carbocycles. The number of aryl methyl sites for hydroxylation is 1. The lowest BCUT2D eigenvalue weighted by Crippen LogP contribution is -1.99. The quantitative estimate of drug-likeness (QED) is 0.513. The van der Waals surface area contributed by atoms with Crippen molar-refractivity contribution in [2.24, 2.45) is 5.73 Å². The molecule has 0 fully saturated rings. The zero-order chi connectivity index (χ0) is 14.5. The van der Waals surface area contributed by atoms with Crippen LogP contribution in [0.2, 0.25) is 0 Å². The Morgan fingerprint density at radius 3 is 2.35 bits per heavy atom. The van der Waals surface area contributed by atoms with E-state index in [9.17, 15) is 5.26 Å². The van der Waals surface area contributed by atoms with Crippen molar-refractivity contribution in [1.29, 1.82) is 5.26 Å². The van der Waals surface area contributed by atoms with Gasteiger partial charge in [0.25, 0.3) is 0 Å². The van der Waals surface area contributed by atoms with E-state index in [-0.39, 0.29) is 0 Å². The van der Waals surface area contributed by atoms with Crippen LogP contribution in [0.4, 0.5) is 5.69 Å². The first kappa shape index (κ1) is 14.0. The summed E-state index contributed by atoms with van der Waals surface area (Å²) < 4.78 is 0. The molecular formula is C16H15N3S. The number of anilines is 1. The summed E-state index contributed by atoms with van der Waals surface area (Å²) in [6.45, 7) is 1.97. The van der Waals surface area contributed by atoms with Gasteiger partial charge in [-0.15, -0.1) is 0 Å². The predicted molar refractivity (Wildman–Crippen MR) is 84.6 cm³/mol. The Labute approximate surface area is 122 Å². The first-order valence-corrected chi connectivity index (χ1v) is 6.92. The number of rotatable bonds is 3. The second-order valence-electron chi connectivity index (χ2n) is 4.34. The van der Waals surface area contributed by atoms with E-state index in [2.05, 4.69) is 6.07 Å². The molecule has 0 aliphatic rings. The van der Waals surface area contributed by atoms with E-state index in [1.807, 2.05) is 55.5 Å². The summed E-state index contributed by atoms with van der Waals surface area (Å²) in [5.41, 5.74) is 14.9. The van der Waals surface area contributed by atoms with Gasteiger partial charge in [0.15, 0.2) is 0 Å². The van der Waals surface area contributed by atoms with Gasteiger partial charge in [-0.3, -0.25) is 0 Å². The Hall–Kier alpha value is -2.38. The Morgan fingerprint density at radius 2 is 1.75 bits per heavy atom. The zero-order valence-corrected chi connectivity index (χ0v) is 11.9. The smallest absolute Gasteiger partial charge is 0.103 e. The first-order chi connectivity index (χ1) is 9.61. The summed E-state index contributed by atoms with van der Waals surface area (Å²) in [5, 5.41) is 9.87. The molecule has 0 amide bonds. The molecule has 0 bridgehead atoms. The van der Waals surface area contributed by atoms with Crippen LogP contribution < -0.4 is 11.5 Å². The molecule has 2 rings (SSSR count). The number of benzene rings is 2. The van der Waals surface area contributed by atoms with E-state index < -0.39 is 0 Å². The van der Waals surface area contributed by atoms with Gasteiger partial charge in [-0.2, -0.15) is 5.26 Å². The normalized spacial score (nSPS) is 11.6. The van der Waals surface area contributed by atoms with Crippen LogP contribution in [0.1, 0.15) is 11.1 Å². The summed E-state index contributed by atoms with van der Waals surface area (Å²) in [6, 6.07) is 17.3. The first-order valence-electron chi connectivity index (χ1n) is 6.11. The summed E-state index contributed by atoms with van der Waals surface area (Å²) in [4.78, 5) is 0.957. The van der Waals surface area contributed by atoms with Crippen LogP contribution >= 0.6 is 11.8 Å². The highest BCUT2D eigenvalue weighted by molar-refractivity contribution is 8.03. The van der Waals surface area contributed by atoms with Gasteiger partial charge >= 0.3 is 0 Å². The molecule has 0 saturated carbocycles. The van der Waals surface area contributed by atoms with Gasteiger partial charge in [0.2, 0.25) is 0 Å². The number of hydrogen-bond donors (Lipinski definition) is 2. The third-order valence-corrected chi connectivity index (χ3v) is 3.81. The van der Waals surface area contributed by atoms with Crippen molar-refractivity contribution in [3.63, 3.8) is 0 Å². The molecule has 0 radical (unpaired) electrons. The Bertz CT molecular complexity index is 682. The molecule has 0 atom stereocenters. The minimum atomic E-state index is 0.492. The van der Waals surface area contributed by atoms with Crippen molar-refractivity contribution < 1.29 is 0 Å². The Morgan fingerprint density at radius 1 is 1.10 bits per heavy atom. The van der Waals surface area contributed by atoms with Crippen LogP contribution in [-0.2, 0) is 0 Å². The fourth-order valence-electron chi connectivity index (χ4n) is 1.82. The third kappa shape index (κ3) is 3.14. The van der Waals surface area contributed by atoms with Crippen LogP contribution in [0.3, 0.4) is 0 Å². The molecule has 0 unspecified atom stereocenters. The van der Waals surface area contributed by atoms with Gasteiger partial charge in [0.1, 0.15) is 6.07 Å². The van der Waals surface area contributed by atoms with Gasteiger partial charge in [0, 0.05) is 10.6 Å². The van der Waals surface area contributed by atoms with Crippen LogP contribution in [-0.4, -0.2) is 0 Å². The Kier molecular flexibility index (Phi) is 4.34. The average molecular weight is 281 g/mol. The molecule has 0 heterocycles. The van der Waals surface area contributed by atoms with Gasteiger partial charge in [-0.05, 0) is 42.3 Å². The van der Waals surface area contributed by atoms with Gasteiger partial charge in [-0.25, -0.2) is 0 Å². The zero-order valence-electron chi connectivity index (χ0n) is 11.1. The van der Waals surface area contributed by atoms with Crippen LogP contribution in [0.15, 0.2) is 58.5 Å². The van der Waals surface area contributed by atoms with E-state index in [1.165, 1.54) is 11.8 Å². The lowest BCUT2D eigenvalue weighted by atomic mass is 10.0. The average Bonchev–Trinajstić information content (AvgIpc) is 2.44. The van der Waals surface area contributed by atoms with E-state index in [0.717, 1.165) is 16.0 Å². The maximum absolute atomic E-state index is 9.38. The van der Waals surface area contributed by atoms with E-state index in [0.29, 0.717) is 16.3 Å². The molecule has 3 nitrogen and oxygen atoms in total. The summed E-state index contributed by atoms with van der Waals surface area (Å²) in [5.74, 6) is 0. The second kappa shape index (κ2) is 6.18. The van der Waals surface area contributed by atoms with Crippen LogP contribution in [0, 0.1) is 18.3 Å². The van der Waals surface area contributed by atoms with Crippen LogP contribution in [0.5, 0.6) is 0 Å². The number of thioether (sulfide) groups is 1. The van der Waals surface area contributed by atoms with E-state index >= 15 is 0 Å². The van der Waals surface area contributed by atoms with Crippen molar-refractivity contribution in [2.45, 2.75) is 11.8 Å². The summed E-state index contributed by atoms with van der Waals surface area (Å²) in [6.07, 6.45) is 0.